The van der Waals surface area contributed by atoms with Gasteiger partial charge in [-0.3, -0.25) is 9.91 Å². The number of nitrogens with zero attached hydrogens (tertiary/aromatic N) is 3. The highest BCUT2D eigenvalue weighted by Gasteiger charge is 2.15. The van der Waals surface area contributed by atoms with Crippen LogP contribution in [0.4, 0.5) is 0 Å². The molecule has 1 aliphatic rings. The molecule has 0 aliphatic carbocycles. The Labute approximate surface area is 148 Å². The first-order chi connectivity index (χ1) is 11.7. The minimum Gasteiger partial charge on any atom is -0.497 e. The van der Waals surface area contributed by atoms with Crippen LogP contribution in [0, 0.1) is 0 Å². The number of hydrogen-bond acceptors (Lipinski definition) is 4. The Morgan fingerprint density at radius 1 is 1.00 bits per heavy atom. The van der Waals surface area contributed by atoms with Crippen molar-refractivity contribution in [1.82, 2.24) is 9.91 Å². The van der Waals surface area contributed by atoms with Crippen LogP contribution < -0.4 is 4.74 Å². The molecule has 24 heavy (non-hydrogen) atoms. The quantitative estimate of drug-likeness (QED) is 0.778. The first kappa shape index (κ1) is 16.8. The zero-order chi connectivity index (χ0) is 16.8. The van der Waals surface area contributed by atoms with Crippen LogP contribution in [0.5, 0.6) is 5.75 Å². The molecule has 3 rings (SSSR count). The van der Waals surface area contributed by atoms with Gasteiger partial charge in [-0.25, -0.2) is 0 Å². The average molecular weight is 344 g/mol. The SMILES string of the molecule is COc1ccc(/C=N\N2CCN(Cc3ccc(Cl)cc3)CC2)cc1. The molecule has 4 nitrogen and oxygen atoms in total. The maximum Gasteiger partial charge on any atom is 0.118 e. The molecule has 0 amide bonds. The lowest BCUT2D eigenvalue weighted by atomic mass is 10.2. The molecule has 0 spiro atoms. The van der Waals surface area contributed by atoms with Gasteiger partial charge in [0.2, 0.25) is 0 Å². The molecular weight excluding hydrogens is 322 g/mol. The minimum absolute atomic E-state index is 0.788. The lowest BCUT2D eigenvalue weighted by Crippen LogP contribution is -2.43. The van der Waals surface area contributed by atoms with E-state index in [4.69, 9.17) is 16.3 Å². The van der Waals surface area contributed by atoms with Crippen LogP contribution in [0.3, 0.4) is 0 Å². The Bertz CT molecular complexity index is 662. The highest BCUT2D eigenvalue weighted by Crippen LogP contribution is 2.13. The number of hydrogen-bond donors (Lipinski definition) is 0. The van der Waals surface area contributed by atoms with Gasteiger partial charge in [0.25, 0.3) is 0 Å². The molecule has 1 saturated heterocycles. The normalized spacial score (nSPS) is 15.8. The fourth-order valence-corrected chi connectivity index (χ4v) is 2.82. The number of ether oxygens (including phenoxy) is 1. The van der Waals surface area contributed by atoms with Crippen molar-refractivity contribution >= 4 is 17.8 Å². The highest BCUT2D eigenvalue weighted by molar-refractivity contribution is 6.30. The van der Waals surface area contributed by atoms with Crippen molar-refractivity contribution in [3.05, 3.63) is 64.7 Å². The van der Waals surface area contributed by atoms with E-state index >= 15 is 0 Å². The largest absolute Gasteiger partial charge is 0.497 e. The monoisotopic (exact) mass is 343 g/mol. The van der Waals surface area contributed by atoms with Crippen molar-refractivity contribution in [3.8, 4) is 5.75 Å². The summed E-state index contributed by atoms with van der Waals surface area (Å²) < 4.78 is 5.16. The van der Waals surface area contributed by atoms with Gasteiger partial charge in [0.05, 0.1) is 13.3 Å². The van der Waals surface area contributed by atoms with E-state index in [1.54, 1.807) is 7.11 Å². The molecule has 0 bridgehead atoms. The Kier molecular flexibility index (Phi) is 5.72. The molecule has 0 radical (unpaired) electrons. The highest BCUT2D eigenvalue weighted by atomic mass is 35.5. The number of piperazine rings is 1. The number of halogens is 1. The van der Waals surface area contributed by atoms with Crippen LogP contribution in [0.15, 0.2) is 53.6 Å². The van der Waals surface area contributed by atoms with Crippen molar-refractivity contribution in [3.63, 3.8) is 0 Å². The molecule has 0 unspecified atom stereocenters. The van der Waals surface area contributed by atoms with Crippen LogP contribution >= 0.6 is 11.6 Å². The third kappa shape index (κ3) is 4.73. The van der Waals surface area contributed by atoms with E-state index in [-0.39, 0.29) is 0 Å². The summed E-state index contributed by atoms with van der Waals surface area (Å²) in [6.07, 6.45) is 1.91. The van der Waals surface area contributed by atoms with Gasteiger partial charge in [-0.1, -0.05) is 23.7 Å². The van der Waals surface area contributed by atoms with E-state index in [1.807, 2.05) is 42.6 Å². The second-order valence-corrected chi connectivity index (χ2v) is 6.31. The van der Waals surface area contributed by atoms with Gasteiger partial charge in [-0.05, 0) is 47.5 Å². The predicted molar refractivity (Wildman–Crippen MR) is 98.9 cm³/mol. The van der Waals surface area contributed by atoms with Crippen LogP contribution in [-0.4, -0.2) is 49.4 Å². The van der Waals surface area contributed by atoms with Gasteiger partial charge in [0.1, 0.15) is 5.75 Å². The van der Waals surface area contributed by atoms with E-state index in [9.17, 15) is 0 Å². The molecule has 126 valence electrons. The summed E-state index contributed by atoms with van der Waals surface area (Å²) in [5.74, 6) is 0.864. The van der Waals surface area contributed by atoms with Crippen LogP contribution in [0.1, 0.15) is 11.1 Å². The minimum atomic E-state index is 0.788. The molecule has 5 heteroatoms. The molecule has 2 aromatic carbocycles. The fourth-order valence-electron chi connectivity index (χ4n) is 2.70. The second kappa shape index (κ2) is 8.18. The number of benzene rings is 2. The summed E-state index contributed by atoms with van der Waals surface area (Å²) in [6, 6.07) is 16.0. The van der Waals surface area contributed by atoms with E-state index in [0.29, 0.717) is 0 Å². The molecule has 1 fully saturated rings. The molecule has 0 N–H and O–H groups in total. The Morgan fingerprint density at radius 2 is 1.67 bits per heavy atom. The van der Waals surface area contributed by atoms with Gasteiger partial charge in [0.15, 0.2) is 0 Å². The van der Waals surface area contributed by atoms with Crippen LogP contribution in [0.2, 0.25) is 5.02 Å². The van der Waals surface area contributed by atoms with Gasteiger partial charge >= 0.3 is 0 Å². The molecule has 0 saturated carbocycles. The predicted octanol–water partition coefficient (Wildman–Crippen LogP) is 3.50. The first-order valence-electron chi connectivity index (χ1n) is 8.13. The number of methoxy groups -OCH3 is 1. The van der Waals surface area contributed by atoms with Crippen LogP contribution in [0.25, 0.3) is 0 Å². The first-order valence-corrected chi connectivity index (χ1v) is 8.50. The van der Waals surface area contributed by atoms with Gasteiger partial charge < -0.3 is 4.74 Å². The molecule has 1 heterocycles. The molecular formula is C19H22ClN3O. The molecule has 0 atom stereocenters. The zero-order valence-electron chi connectivity index (χ0n) is 13.9. The van der Waals surface area contributed by atoms with Gasteiger partial charge in [-0.2, -0.15) is 5.10 Å². The maximum atomic E-state index is 5.93. The summed E-state index contributed by atoms with van der Waals surface area (Å²) in [7, 11) is 1.67. The zero-order valence-corrected chi connectivity index (χ0v) is 14.6. The average Bonchev–Trinajstić information content (AvgIpc) is 2.63. The van der Waals surface area contributed by atoms with E-state index < -0.39 is 0 Å². The lowest BCUT2D eigenvalue weighted by molar-refractivity contribution is 0.131. The third-order valence-electron chi connectivity index (χ3n) is 4.15. The smallest absolute Gasteiger partial charge is 0.118 e. The van der Waals surface area contributed by atoms with E-state index in [2.05, 4.69) is 27.1 Å². The second-order valence-electron chi connectivity index (χ2n) is 5.87. The Hall–Kier alpha value is -2.04. The lowest BCUT2D eigenvalue weighted by Gasteiger charge is -2.33. The van der Waals surface area contributed by atoms with Crippen LogP contribution in [-0.2, 0) is 6.54 Å². The standard InChI is InChI=1S/C19H22ClN3O/c1-24-19-8-4-16(5-9-19)14-21-23-12-10-22(11-13-23)15-17-2-6-18(20)7-3-17/h2-9,14H,10-13,15H2,1H3/b21-14-. The van der Waals surface area contributed by atoms with Crippen molar-refractivity contribution in [1.29, 1.82) is 0 Å². The summed E-state index contributed by atoms with van der Waals surface area (Å²) in [4.78, 5) is 2.45. The summed E-state index contributed by atoms with van der Waals surface area (Å²) >= 11 is 5.93. The van der Waals surface area contributed by atoms with Crippen molar-refractivity contribution in [2.45, 2.75) is 6.54 Å². The Morgan fingerprint density at radius 3 is 2.29 bits per heavy atom. The van der Waals surface area contributed by atoms with E-state index in [1.165, 1.54) is 5.56 Å². The van der Waals surface area contributed by atoms with E-state index in [0.717, 1.165) is 49.1 Å². The molecule has 1 aliphatic heterocycles. The Balaban J connectivity index is 1.47. The number of hydrazone groups is 1. The third-order valence-corrected chi connectivity index (χ3v) is 4.41. The van der Waals surface area contributed by atoms with Gasteiger partial charge in [0, 0.05) is 37.7 Å². The summed E-state index contributed by atoms with van der Waals surface area (Å²) in [5, 5.41) is 7.50. The fraction of sp³-hybridized carbons (Fsp3) is 0.316. The summed E-state index contributed by atoms with van der Waals surface area (Å²) in [5.41, 5.74) is 2.38. The van der Waals surface area contributed by atoms with Crippen molar-refractivity contribution in [2.24, 2.45) is 5.10 Å². The van der Waals surface area contributed by atoms with Crippen molar-refractivity contribution < 1.29 is 4.74 Å². The topological polar surface area (TPSA) is 28.1 Å². The van der Waals surface area contributed by atoms with Crippen molar-refractivity contribution in [2.75, 3.05) is 33.3 Å². The van der Waals surface area contributed by atoms with Gasteiger partial charge in [-0.15, -0.1) is 0 Å². The molecule has 0 aromatic heterocycles. The number of rotatable bonds is 5. The maximum absolute atomic E-state index is 5.93. The molecule has 2 aromatic rings. The summed E-state index contributed by atoms with van der Waals surface area (Å²) in [6.45, 7) is 4.89.